The first-order chi connectivity index (χ1) is 9.82. The van der Waals surface area contributed by atoms with Crippen molar-refractivity contribution in [3.8, 4) is 0 Å². The molecule has 0 aromatic carbocycles. The largest absolute Gasteiger partial charge is 0.466 e. The summed E-state index contributed by atoms with van der Waals surface area (Å²) in [5.74, 6) is -1.26. The first-order valence-electron chi connectivity index (χ1n) is 6.77. The van der Waals surface area contributed by atoms with Crippen LogP contribution >= 0.6 is 0 Å². The molecule has 0 spiro atoms. The number of esters is 2. The molecule has 0 saturated heterocycles. The molecule has 0 amide bonds. The van der Waals surface area contributed by atoms with E-state index >= 15 is 0 Å². The second-order valence-corrected chi connectivity index (χ2v) is 4.94. The van der Waals surface area contributed by atoms with Gasteiger partial charge in [0.25, 0.3) is 0 Å². The molecule has 1 aromatic heterocycles. The highest BCUT2D eigenvalue weighted by atomic mass is 16.5. The standard InChI is InChI=1S/C13H21N3O5/c1-6-19-10(17)9-15-16-12(21-9)14-8(3)13(4,5)11(18)20-7-2/h8H,6-7H2,1-5H3,(H,14,16). The number of nitrogens with zero attached hydrogens (tertiary/aromatic N) is 2. The number of aromatic nitrogens is 2. The molecule has 0 radical (unpaired) electrons. The molecule has 1 rings (SSSR count). The zero-order chi connectivity index (χ0) is 16.0. The van der Waals surface area contributed by atoms with Crippen molar-refractivity contribution >= 4 is 18.0 Å². The van der Waals surface area contributed by atoms with E-state index in [0.717, 1.165) is 0 Å². The van der Waals surface area contributed by atoms with Crippen LogP contribution in [0.2, 0.25) is 0 Å². The first kappa shape index (κ1) is 16.9. The topological polar surface area (TPSA) is 104 Å². The Morgan fingerprint density at radius 2 is 1.86 bits per heavy atom. The number of nitrogens with one attached hydrogen (secondary N) is 1. The summed E-state index contributed by atoms with van der Waals surface area (Å²) in [6.07, 6.45) is 0. The number of hydrogen-bond donors (Lipinski definition) is 1. The molecule has 21 heavy (non-hydrogen) atoms. The van der Waals surface area contributed by atoms with Crippen molar-refractivity contribution in [2.24, 2.45) is 5.41 Å². The SMILES string of the molecule is CCOC(=O)c1nnc(NC(C)C(C)(C)C(=O)OCC)o1. The molecule has 1 aromatic rings. The van der Waals surface area contributed by atoms with Gasteiger partial charge in [-0.1, -0.05) is 10.2 Å². The fourth-order valence-electron chi connectivity index (χ4n) is 1.42. The van der Waals surface area contributed by atoms with Crippen LogP contribution in [0.3, 0.4) is 0 Å². The minimum atomic E-state index is -0.797. The maximum atomic E-state index is 11.9. The van der Waals surface area contributed by atoms with Gasteiger partial charge in [-0.05, 0) is 34.6 Å². The summed E-state index contributed by atoms with van der Waals surface area (Å²) in [6.45, 7) is 9.22. The highest BCUT2D eigenvalue weighted by Crippen LogP contribution is 2.25. The molecule has 0 aliphatic carbocycles. The zero-order valence-corrected chi connectivity index (χ0v) is 12.9. The Labute approximate surface area is 123 Å². The van der Waals surface area contributed by atoms with Crippen LogP contribution in [-0.4, -0.2) is 41.4 Å². The van der Waals surface area contributed by atoms with Crippen LogP contribution < -0.4 is 5.32 Å². The van der Waals surface area contributed by atoms with Crippen LogP contribution in [0.25, 0.3) is 0 Å². The second-order valence-electron chi connectivity index (χ2n) is 4.94. The van der Waals surface area contributed by atoms with Gasteiger partial charge in [-0.3, -0.25) is 4.79 Å². The third kappa shape index (κ3) is 4.17. The molecule has 0 aliphatic heterocycles. The lowest BCUT2D eigenvalue weighted by Gasteiger charge is -2.29. The third-order valence-corrected chi connectivity index (χ3v) is 3.10. The van der Waals surface area contributed by atoms with E-state index in [2.05, 4.69) is 15.5 Å². The van der Waals surface area contributed by atoms with E-state index in [1.807, 2.05) is 0 Å². The lowest BCUT2D eigenvalue weighted by molar-refractivity contribution is -0.154. The minimum Gasteiger partial charge on any atom is -0.466 e. The highest BCUT2D eigenvalue weighted by Gasteiger charge is 2.36. The summed E-state index contributed by atoms with van der Waals surface area (Å²) >= 11 is 0. The van der Waals surface area contributed by atoms with E-state index in [1.165, 1.54) is 0 Å². The Kier molecular flexibility index (Phi) is 5.69. The third-order valence-electron chi connectivity index (χ3n) is 3.10. The van der Waals surface area contributed by atoms with E-state index in [9.17, 15) is 9.59 Å². The average Bonchev–Trinajstić information content (AvgIpc) is 2.87. The van der Waals surface area contributed by atoms with Gasteiger partial charge in [0.05, 0.1) is 18.6 Å². The van der Waals surface area contributed by atoms with Crippen molar-refractivity contribution in [2.75, 3.05) is 18.5 Å². The molecule has 8 nitrogen and oxygen atoms in total. The normalized spacial score (nSPS) is 12.6. The summed E-state index contributed by atoms with van der Waals surface area (Å²) in [6, 6.07) is -0.296. The zero-order valence-electron chi connectivity index (χ0n) is 12.9. The molecule has 1 unspecified atom stereocenters. The Bertz CT molecular complexity index is 498. The van der Waals surface area contributed by atoms with Crippen LogP contribution in [-0.2, 0) is 14.3 Å². The van der Waals surface area contributed by atoms with Crippen LogP contribution in [0.4, 0.5) is 6.01 Å². The highest BCUT2D eigenvalue weighted by molar-refractivity contribution is 5.84. The lowest BCUT2D eigenvalue weighted by atomic mass is 9.85. The second kappa shape index (κ2) is 7.05. The maximum absolute atomic E-state index is 11.9. The first-order valence-corrected chi connectivity index (χ1v) is 6.77. The molecule has 0 bridgehead atoms. The summed E-state index contributed by atoms with van der Waals surface area (Å²) in [7, 11) is 0. The molecule has 1 atom stereocenters. The molecule has 0 fully saturated rings. The Morgan fingerprint density at radius 1 is 1.24 bits per heavy atom. The summed E-state index contributed by atoms with van der Waals surface area (Å²) in [5.41, 5.74) is -0.797. The van der Waals surface area contributed by atoms with Gasteiger partial charge in [-0.25, -0.2) is 4.79 Å². The minimum absolute atomic E-state index is 0.0444. The maximum Gasteiger partial charge on any atom is 0.396 e. The predicted octanol–water partition coefficient (Wildman–Crippen LogP) is 1.64. The predicted molar refractivity (Wildman–Crippen MR) is 73.8 cm³/mol. The van der Waals surface area contributed by atoms with Gasteiger partial charge in [-0.15, -0.1) is 0 Å². The van der Waals surface area contributed by atoms with Crippen molar-refractivity contribution in [2.45, 2.75) is 40.7 Å². The fourth-order valence-corrected chi connectivity index (χ4v) is 1.42. The molecule has 0 aliphatic rings. The average molecular weight is 299 g/mol. The summed E-state index contributed by atoms with van der Waals surface area (Å²) in [4.78, 5) is 23.3. The molecule has 1 heterocycles. The lowest BCUT2D eigenvalue weighted by Crippen LogP contribution is -2.41. The Balaban J connectivity index is 2.72. The monoisotopic (exact) mass is 299 g/mol. The van der Waals surface area contributed by atoms with E-state index in [-0.39, 0.29) is 30.5 Å². The molecule has 0 saturated carbocycles. The quantitative estimate of drug-likeness (QED) is 0.758. The number of carbonyl (C=O) groups is 2. The number of hydrogen-bond acceptors (Lipinski definition) is 8. The molecule has 8 heteroatoms. The summed E-state index contributed by atoms with van der Waals surface area (Å²) in [5, 5.41) is 10.2. The van der Waals surface area contributed by atoms with Gasteiger partial charge in [0, 0.05) is 6.04 Å². The van der Waals surface area contributed by atoms with Crippen molar-refractivity contribution in [3.05, 3.63) is 5.89 Å². The number of ether oxygens (including phenoxy) is 2. The number of carbonyl (C=O) groups excluding carboxylic acids is 2. The van der Waals surface area contributed by atoms with Gasteiger partial charge in [0.1, 0.15) is 0 Å². The summed E-state index contributed by atoms with van der Waals surface area (Å²) < 4.78 is 14.9. The van der Waals surface area contributed by atoms with Crippen LogP contribution in [0, 0.1) is 5.41 Å². The van der Waals surface area contributed by atoms with Gasteiger partial charge in [0.2, 0.25) is 0 Å². The number of rotatable bonds is 7. The van der Waals surface area contributed by atoms with Crippen molar-refractivity contribution in [1.29, 1.82) is 0 Å². The van der Waals surface area contributed by atoms with Crippen molar-refractivity contribution in [1.82, 2.24) is 10.2 Å². The Morgan fingerprint density at radius 3 is 2.43 bits per heavy atom. The smallest absolute Gasteiger partial charge is 0.396 e. The van der Waals surface area contributed by atoms with E-state index in [4.69, 9.17) is 13.9 Å². The van der Waals surface area contributed by atoms with E-state index in [1.54, 1.807) is 34.6 Å². The van der Waals surface area contributed by atoms with Crippen LogP contribution in [0.5, 0.6) is 0 Å². The molecule has 118 valence electrons. The van der Waals surface area contributed by atoms with Gasteiger partial charge < -0.3 is 19.2 Å². The van der Waals surface area contributed by atoms with E-state index in [0.29, 0.717) is 6.61 Å². The van der Waals surface area contributed by atoms with Gasteiger partial charge in [-0.2, -0.15) is 0 Å². The Hall–Kier alpha value is -2.12. The fraction of sp³-hybridized carbons (Fsp3) is 0.692. The molecular formula is C13H21N3O5. The van der Waals surface area contributed by atoms with E-state index < -0.39 is 11.4 Å². The van der Waals surface area contributed by atoms with Crippen molar-refractivity contribution < 1.29 is 23.5 Å². The van der Waals surface area contributed by atoms with Crippen molar-refractivity contribution in [3.63, 3.8) is 0 Å². The number of anilines is 1. The van der Waals surface area contributed by atoms with Gasteiger partial charge in [0.15, 0.2) is 0 Å². The molecular weight excluding hydrogens is 278 g/mol. The van der Waals surface area contributed by atoms with Crippen LogP contribution in [0.15, 0.2) is 4.42 Å². The molecule has 1 N–H and O–H groups in total. The van der Waals surface area contributed by atoms with Gasteiger partial charge >= 0.3 is 23.8 Å². The van der Waals surface area contributed by atoms with Crippen LogP contribution in [0.1, 0.15) is 45.3 Å².